The second kappa shape index (κ2) is 8.44. The van der Waals surface area contributed by atoms with Crippen molar-refractivity contribution >= 4 is 5.91 Å². The van der Waals surface area contributed by atoms with Gasteiger partial charge in [-0.05, 0) is 55.9 Å². The maximum atomic E-state index is 13.7. The maximum absolute atomic E-state index is 13.7. The monoisotopic (exact) mass is 399 g/mol. The lowest BCUT2D eigenvalue weighted by Crippen LogP contribution is -2.43. The molecule has 0 saturated carbocycles. The Balaban J connectivity index is 1.68. The summed E-state index contributed by atoms with van der Waals surface area (Å²) in [4.78, 5) is 14.9. The Morgan fingerprint density at radius 1 is 1.10 bits per heavy atom. The van der Waals surface area contributed by atoms with Crippen LogP contribution in [0.5, 0.6) is 11.5 Å². The van der Waals surface area contributed by atoms with Gasteiger partial charge in [-0.1, -0.05) is 37.3 Å². The van der Waals surface area contributed by atoms with Gasteiger partial charge in [0, 0.05) is 18.7 Å². The highest BCUT2D eigenvalue weighted by molar-refractivity contribution is 5.95. The average molecular weight is 400 g/mol. The molecule has 29 heavy (non-hydrogen) atoms. The molecule has 5 heteroatoms. The molecule has 1 saturated heterocycles. The number of ether oxygens (including phenoxy) is 2. The lowest BCUT2D eigenvalue weighted by Gasteiger charge is -2.40. The van der Waals surface area contributed by atoms with Gasteiger partial charge in [0.2, 0.25) is 0 Å². The first kappa shape index (κ1) is 21.2. The molecule has 1 aliphatic rings. The normalized spacial score (nSPS) is 16.4. The molecule has 2 aromatic carbocycles. The lowest BCUT2D eigenvalue weighted by atomic mass is 9.74. The molecule has 1 aliphatic heterocycles. The maximum Gasteiger partial charge on any atom is 0.253 e. The minimum Gasteiger partial charge on any atom is -0.493 e. The summed E-state index contributed by atoms with van der Waals surface area (Å²) >= 11 is 0. The van der Waals surface area contributed by atoms with E-state index in [2.05, 4.69) is 31.2 Å². The minimum absolute atomic E-state index is 0.0178. The van der Waals surface area contributed by atoms with Gasteiger partial charge in [0.1, 0.15) is 12.3 Å². The molecule has 156 valence electrons. The molecule has 2 aromatic rings. The van der Waals surface area contributed by atoms with Crippen molar-refractivity contribution in [3.8, 4) is 11.5 Å². The zero-order valence-corrected chi connectivity index (χ0v) is 17.7. The number of hydrogen-bond acceptors (Lipinski definition) is 3. The first-order valence-corrected chi connectivity index (χ1v) is 10.1. The summed E-state index contributed by atoms with van der Waals surface area (Å²) in [5.41, 5.74) is 0.522. The standard InChI is InChI=1S/C24H30FNO3/c1-23(2,25)17-29-20-11-10-18(16-21(20)28-4)22(27)26-14-12-24(3,13-15-26)19-8-6-5-7-9-19/h5-11,16H,12-15,17H2,1-4H3. The molecule has 4 nitrogen and oxygen atoms in total. The summed E-state index contributed by atoms with van der Waals surface area (Å²) in [6.07, 6.45) is 1.85. The molecular weight excluding hydrogens is 369 g/mol. The Morgan fingerprint density at radius 2 is 1.76 bits per heavy atom. The van der Waals surface area contributed by atoms with Crippen LogP contribution in [0.15, 0.2) is 48.5 Å². The smallest absolute Gasteiger partial charge is 0.253 e. The number of methoxy groups -OCH3 is 1. The van der Waals surface area contributed by atoms with Crippen molar-refractivity contribution in [3.05, 3.63) is 59.7 Å². The first-order chi connectivity index (χ1) is 13.7. The number of halogens is 1. The van der Waals surface area contributed by atoms with Crippen molar-refractivity contribution in [1.82, 2.24) is 4.90 Å². The van der Waals surface area contributed by atoms with E-state index in [1.807, 2.05) is 11.0 Å². The highest BCUT2D eigenvalue weighted by Gasteiger charge is 2.33. The van der Waals surface area contributed by atoms with Crippen LogP contribution in [0.3, 0.4) is 0 Å². The molecule has 1 amide bonds. The number of likely N-dealkylation sites (tertiary alicyclic amines) is 1. The Labute approximate surface area is 172 Å². The zero-order valence-electron chi connectivity index (χ0n) is 17.7. The van der Waals surface area contributed by atoms with Crippen molar-refractivity contribution in [1.29, 1.82) is 0 Å². The van der Waals surface area contributed by atoms with Gasteiger partial charge in [-0.2, -0.15) is 0 Å². The fourth-order valence-electron chi connectivity index (χ4n) is 3.68. The fraction of sp³-hybridized carbons (Fsp3) is 0.458. The molecule has 0 spiro atoms. The van der Waals surface area contributed by atoms with Crippen LogP contribution < -0.4 is 9.47 Å². The van der Waals surface area contributed by atoms with Gasteiger partial charge in [-0.15, -0.1) is 0 Å². The predicted octanol–water partition coefficient (Wildman–Crippen LogP) is 5.02. The van der Waals surface area contributed by atoms with Crippen molar-refractivity contribution < 1.29 is 18.7 Å². The number of benzene rings is 2. The molecule has 0 radical (unpaired) electrons. The Morgan fingerprint density at radius 3 is 2.34 bits per heavy atom. The zero-order chi connectivity index (χ0) is 21.1. The van der Waals surface area contributed by atoms with Crippen LogP contribution in [-0.4, -0.2) is 43.3 Å². The quantitative estimate of drug-likeness (QED) is 0.685. The Bertz CT molecular complexity index is 837. The van der Waals surface area contributed by atoms with Crippen molar-refractivity contribution in [2.24, 2.45) is 0 Å². The summed E-state index contributed by atoms with van der Waals surface area (Å²) in [6.45, 7) is 6.52. The summed E-state index contributed by atoms with van der Waals surface area (Å²) in [6, 6.07) is 15.6. The van der Waals surface area contributed by atoms with Crippen LogP contribution in [0.4, 0.5) is 4.39 Å². The van der Waals surface area contributed by atoms with Crippen molar-refractivity contribution in [2.75, 3.05) is 26.8 Å². The van der Waals surface area contributed by atoms with E-state index in [9.17, 15) is 9.18 Å². The van der Waals surface area contributed by atoms with E-state index in [0.717, 1.165) is 12.8 Å². The molecule has 1 heterocycles. The summed E-state index contributed by atoms with van der Waals surface area (Å²) < 4.78 is 24.6. The number of carbonyl (C=O) groups excluding carboxylic acids is 1. The van der Waals surface area contributed by atoms with E-state index in [4.69, 9.17) is 9.47 Å². The molecule has 0 atom stereocenters. The Hall–Kier alpha value is -2.56. The van der Waals surface area contributed by atoms with E-state index < -0.39 is 5.67 Å². The third-order valence-electron chi connectivity index (χ3n) is 5.61. The van der Waals surface area contributed by atoms with Crippen LogP contribution in [0.25, 0.3) is 0 Å². The number of amides is 1. The molecule has 0 N–H and O–H groups in total. The predicted molar refractivity (Wildman–Crippen MR) is 113 cm³/mol. The number of nitrogens with zero attached hydrogens (tertiary/aromatic N) is 1. The van der Waals surface area contributed by atoms with E-state index in [1.54, 1.807) is 18.2 Å². The lowest BCUT2D eigenvalue weighted by molar-refractivity contribution is 0.0675. The van der Waals surface area contributed by atoms with E-state index in [0.29, 0.717) is 30.2 Å². The molecular formula is C24H30FNO3. The summed E-state index contributed by atoms with van der Waals surface area (Å²) in [7, 11) is 1.52. The number of alkyl halides is 1. The van der Waals surface area contributed by atoms with Gasteiger partial charge in [-0.25, -0.2) is 4.39 Å². The SMILES string of the molecule is COc1cc(C(=O)N2CCC(C)(c3ccccc3)CC2)ccc1OCC(C)(C)F. The molecule has 1 fully saturated rings. The van der Waals surface area contributed by atoms with Gasteiger partial charge in [0.15, 0.2) is 11.5 Å². The van der Waals surface area contributed by atoms with Crippen molar-refractivity contribution in [2.45, 2.75) is 44.7 Å². The molecule has 0 aliphatic carbocycles. The van der Waals surface area contributed by atoms with Crippen LogP contribution in [0.1, 0.15) is 49.5 Å². The third-order valence-corrected chi connectivity index (χ3v) is 5.61. The second-order valence-electron chi connectivity index (χ2n) is 8.59. The number of hydrogen-bond donors (Lipinski definition) is 0. The Kier molecular flexibility index (Phi) is 6.15. The first-order valence-electron chi connectivity index (χ1n) is 10.1. The highest BCUT2D eigenvalue weighted by atomic mass is 19.1. The minimum atomic E-state index is -1.45. The van der Waals surface area contributed by atoms with Gasteiger partial charge >= 0.3 is 0 Å². The largest absolute Gasteiger partial charge is 0.493 e. The summed E-state index contributed by atoms with van der Waals surface area (Å²) in [5.74, 6) is 0.854. The van der Waals surface area contributed by atoms with E-state index in [1.165, 1.54) is 26.5 Å². The van der Waals surface area contributed by atoms with Gasteiger partial charge < -0.3 is 14.4 Å². The number of carbonyl (C=O) groups is 1. The van der Waals surface area contributed by atoms with E-state index >= 15 is 0 Å². The van der Waals surface area contributed by atoms with Crippen LogP contribution >= 0.6 is 0 Å². The molecule has 0 unspecified atom stereocenters. The molecule has 0 bridgehead atoms. The van der Waals surface area contributed by atoms with Gasteiger partial charge in [-0.3, -0.25) is 4.79 Å². The summed E-state index contributed by atoms with van der Waals surface area (Å²) in [5, 5.41) is 0. The molecule has 0 aromatic heterocycles. The van der Waals surface area contributed by atoms with Crippen molar-refractivity contribution in [3.63, 3.8) is 0 Å². The second-order valence-corrected chi connectivity index (χ2v) is 8.59. The van der Waals surface area contributed by atoms with Crippen LogP contribution in [-0.2, 0) is 5.41 Å². The van der Waals surface area contributed by atoms with Gasteiger partial charge in [0.25, 0.3) is 5.91 Å². The van der Waals surface area contributed by atoms with Gasteiger partial charge in [0.05, 0.1) is 7.11 Å². The van der Waals surface area contributed by atoms with Crippen LogP contribution in [0, 0.1) is 0 Å². The number of rotatable bonds is 6. The fourth-order valence-corrected chi connectivity index (χ4v) is 3.68. The van der Waals surface area contributed by atoms with Crippen LogP contribution in [0.2, 0.25) is 0 Å². The van der Waals surface area contributed by atoms with E-state index in [-0.39, 0.29) is 17.9 Å². The third kappa shape index (κ3) is 5.08. The topological polar surface area (TPSA) is 38.8 Å². The number of piperidine rings is 1. The highest BCUT2D eigenvalue weighted by Crippen LogP contribution is 2.36. The molecule has 3 rings (SSSR count). The average Bonchev–Trinajstić information content (AvgIpc) is 2.72.